The van der Waals surface area contributed by atoms with Gasteiger partial charge in [-0.05, 0) is 47.5 Å². The summed E-state index contributed by atoms with van der Waals surface area (Å²) in [7, 11) is 16.8. The molecule has 19 heteroatoms. The molecule has 0 amide bonds. The Hall–Kier alpha value is -7.54. The summed E-state index contributed by atoms with van der Waals surface area (Å²) in [4.78, 5) is 0. The van der Waals surface area contributed by atoms with Crippen LogP contribution in [0.25, 0.3) is 44.5 Å². The lowest BCUT2D eigenvalue weighted by molar-refractivity contribution is -0.977. The lowest BCUT2D eigenvalue weighted by atomic mass is 9.85. The molecule has 8 rings (SSSR count). The number of hydrogen-bond donors (Lipinski definition) is 0. The number of benzene rings is 6. The molecule has 0 saturated heterocycles. The van der Waals surface area contributed by atoms with Gasteiger partial charge in [-0.3, -0.25) is 0 Å². The molecule has 71 heavy (non-hydrogen) atoms. The van der Waals surface area contributed by atoms with Crippen LogP contribution < -0.4 is 56.8 Å². The molecule has 0 unspecified atom stereocenters. The van der Waals surface area contributed by atoms with Crippen LogP contribution >= 0.6 is 0 Å². The monoisotopic (exact) mass is 994 g/mol. The van der Waals surface area contributed by atoms with E-state index in [4.69, 9.17) is 56.8 Å². The topological polar surface area (TPSA) is 111 Å². The summed E-state index contributed by atoms with van der Waals surface area (Å²) in [6.45, 7) is -0.194. The van der Waals surface area contributed by atoms with Gasteiger partial charge >= 0.3 is 0 Å². The first-order valence-corrected chi connectivity index (χ1v) is 21.6. The van der Waals surface area contributed by atoms with Crippen molar-refractivity contribution >= 4 is 0 Å². The summed E-state index contributed by atoms with van der Waals surface area (Å²) in [5.41, 5.74) is 2.81. The van der Waals surface area contributed by atoms with Gasteiger partial charge in [0.05, 0.1) is 85.3 Å². The van der Waals surface area contributed by atoms with Crippen LogP contribution in [0.5, 0.6) is 69.0 Å². The maximum absolute atomic E-state index is 15.7. The van der Waals surface area contributed by atoms with Crippen molar-refractivity contribution in [3.05, 3.63) is 93.6 Å². The van der Waals surface area contributed by atoms with E-state index < -0.39 is 34.9 Å². The lowest BCUT2D eigenvalue weighted by Crippen LogP contribution is -2.44. The molecule has 1 spiro atoms. The minimum atomic E-state index is -1.72. The van der Waals surface area contributed by atoms with E-state index in [2.05, 4.69) is 0 Å². The highest BCUT2D eigenvalue weighted by atomic mass is 19.2. The van der Waals surface area contributed by atoms with E-state index in [-0.39, 0.29) is 144 Å². The molecule has 2 aliphatic heterocycles. The van der Waals surface area contributed by atoms with Crippen molar-refractivity contribution in [3.8, 4) is 114 Å². The van der Waals surface area contributed by atoms with Gasteiger partial charge in [-0.15, -0.1) is 0 Å². The molecule has 0 bridgehead atoms. The predicted molar refractivity (Wildman–Crippen MR) is 248 cm³/mol. The molecule has 2 aliphatic rings. The van der Waals surface area contributed by atoms with Crippen molar-refractivity contribution < 1.29 is 87.7 Å². The Morgan fingerprint density at radius 3 is 0.831 bits per heavy atom. The Labute approximate surface area is 405 Å². The van der Waals surface area contributed by atoms with E-state index in [1.165, 1.54) is 85.3 Å². The Kier molecular flexibility index (Phi) is 13.6. The Balaban J connectivity index is 1.69. The number of nitrogens with zero attached hydrogens (tertiary/aromatic N) is 1. The van der Waals surface area contributed by atoms with Crippen molar-refractivity contribution in [1.29, 1.82) is 0 Å². The van der Waals surface area contributed by atoms with E-state index in [1.54, 1.807) is 12.1 Å². The van der Waals surface area contributed by atoms with Crippen molar-refractivity contribution in [1.82, 2.24) is 0 Å². The first kappa shape index (κ1) is 49.9. The smallest absolute Gasteiger partial charge is 0.204 e. The molecule has 0 aliphatic carbocycles. The average molecular weight is 995 g/mol. The van der Waals surface area contributed by atoms with E-state index in [0.717, 1.165) is 24.3 Å². The van der Waals surface area contributed by atoms with Crippen LogP contribution in [0.4, 0.5) is 26.3 Å². The molecular formula is C52H50F6NO12+. The highest BCUT2D eigenvalue weighted by molar-refractivity contribution is 5.99. The molecule has 0 N–H and O–H groups in total. The standard InChI is InChI=1S/C52H50F6NO12/c1-60-33-17-25-19-59(20-26-18-34(61-2)44(63-4)48(67-8)38(26)37(25)47(66-7)43(33)62-3)21-27-35(23-13-29(53)41(57)30(54)14-23)45(64-5)51(70-11)49(68-9)39(27)40-28(22-59)36(24-15-31(55)42(58)32(56)16-24)46(65-6)52(71-12)50(40)69-10/h13-18H,19-22H2,1-12H3/q+1. The first-order valence-electron chi connectivity index (χ1n) is 21.6. The second-order valence-electron chi connectivity index (χ2n) is 16.5. The van der Waals surface area contributed by atoms with Gasteiger partial charge in [-0.1, -0.05) is 0 Å². The summed E-state index contributed by atoms with van der Waals surface area (Å²) in [6.07, 6.45) is 0. The minimum Gasteiger partial charge on any atom is -0.493 e. The van der Waals surface area contributed by atoms with E-state index >= 15 is 17.6 Å². The molecule has 6 aromatic rings. The second kappa shape index (κ2) is 19.3. The Morgan fingerprint density at radius 2 is 0.563 bits per heavy atom. The van der Waals surface area contributed by atoms with Gasteiger partial charge in [0.2, 0.25) is 23.0 Å². The fourth-order valence-electron chi connectivity index (χ4n) is 10.4. The maximum Gasteiger partial charge on any atom is 0.204 e. The fourth-order valence-corrected chi connectivity index (χ4v) is 10.4. The van der Waals surface area contributed by atoms with Crippen LogP contribution in [0.15, 0.2) is 36.4 Å². The minimum absolute atomic E-state index is 0.0113. The third kappa shape index (κ3) is 7.68. The fraction of sp³-hybridized carbons (Fsp3) is 0.308. The molecular weight excluding hydrogens is 945 g/mol. The number of ether oxygens (including phenoxy) is 12. The Morgan fingerprint density at radius 1 is 0.296 bits per heavy atom. The van der Waals surface area contributed by atoms with Gasteiger partial charge in [0.25, 0.3) is 0 Å². The van der Waals surface area contributed by atoms with Gasteiger partial charge in [0.15, 0.2) is 80.9 Å². The number of methoxy groups -OCH3 is 12. The van der Waals surface area contributed by atoms with Gasteiger partial charge in [0, 0.05) is 55.6 Å². The van der Waals surface area contributed by atoms with E-state index in [0.29, 0.717) is 22.3 Å². The number of halogens is 6. The molecule has 376 valence electrons. The number of rotatable bonds is 14. The van der Waals surface area contributed by atoms with Crippen LogP contribution in [0.1, 0.15) is 22.3 Å². The van der Waals surface area contributed by atoms with Crippen molar-refractivity contribution in [2.45, 2.75) is 26.2 Å². The van der Waals surface area contributed by atoms with Crippen LogP contribution in [0, 0.1) is 34.9 Å². The molecule has 0 aromatic heterocycles. The largest absolute Gasteiger partial charge is 0.493 e. The lowest BCUT2D eigenvalue weighted by Gasteiger charge is -2.39. The van der Waals surface area contributed by atoms with Crippen LogP contribution in [-0.2, 0) is 26.2 Å². The van der Waals surface area contributed by atoms with Crippen LogP contribution in [0.3, 0.4) is 0 Å². The van der Waals surface area contributed by atoms with Gasteiger partial charge in [-0.2, -0.15) is 0 Å². The molecule has 0 atom stereocenters. The summed E-state index contributed by atoms with van der Waals surface area (Å²) in [6, 6.07) is 6.87. The highest BCUT2D eigenvalue weighted by Crippen LogP contribution is 2.64. The summed E-state index contributed by atoms with van der Waals surface area (Å²) < 4.78 is 165. The zero-order valence-electron chi connectivity index (χ0n) is 40.9. The van der Waals surface area contributed by atoms with E-state index in [1.807, 2.05) is 0 Å². The summed E-state index contributed by atoms with van der Waals surface area (Å²) in [5, 5.41) is 0. The Bertz CT molecular complexity index is 2870. The van der Waals surface area contributed by atoms with Crippen LogP contribution in [-0.4, -0.2) is 89.8 Å². The average Bonchev–Trinajstić information content (AvgIpc) is 3.59. The zero-order chi connectivity index (χ0) is 51.4. The van der Waals surface area contributed by atoms with Crippen molar-refractivity contribution in [3.63, 3.8) is 0 Å². The molecule has 0 fully saturated rings. The highest BCUT2D eigenvalue weighted by Gasteiger charge is 2.47. The molecule has 13 nitrogen and oxygen atoms in total. The van der Waals surface area contributed by atoms with Gasteiger partial charge < -0.3 is 61.3 Å². The van der Waals surface area contributed by atoms with Crippen molar-refractivity contribution in [2.75, 3.05) is 85.3 Å². The van der Waals surface area contributed by atoms with Crippen molar-refractivity contribution in [2.24, 2.45) is 0 Å². The van der Waals surface area contributed by atoms with Gasteiger partial charge in [0.1, 0.15) is 26.2 Å². The molecule has 0 radical (unpaired) electrons. The van der Waals surface area contributed by atoms with Gasteiger partial charge in [-0.25, -0.2) is 26.3 Å². The molecule has 0 saturated carbocycles. The number of fused-ring (bicyclic) bond motifs is 6. The quantitative estimate of drug-likeness (QED) is 0.0588. The molecule has 2 heterocycles. The third-order valence-electron chi connectivity index (χ3n) is 13.0. The first-order chi connectivity index (χ1) is 34.1. The van der Waals surface area contributed by atoms with E-state index in [9.17, 15) is 8.78 Å². The zero-order valence-corrected chi connectivity index (χ0v) is 40.9. The summed E-state index contributed by atoms with van der Waals surface area (Å²) in [5.74, 6) is -8.16. The molecule has 6 aromatic carbocycles. The number of hydrogen-bond acceptors (Lipinski definition) is 12. The third-order valence-corrected chi connectivity index (χ3v) is 13.0. The normalized spacial score (nSPS) is 13.1. The summed E-state index contributed by atoms with van der Waals surface area (Å²) >= 11 is 0. The second-order valence-corrected chi connectivity index (χ2v) is 16.5. The SMILES string of the molecule is COc1cc2c(c(OC)c1OC)-c1c(cc(OC)c(OC)c1OC)C[N+]1(C2)Cc2c(-c3cc(F)c(F)c(F)c3)c(OC)c(OC)c(OC)c2-c2c(c(-c3cc(F)c(F)c(F)c3)c(OC)c(OC)c2OC)C1. The maximum atomic E-state index is 15.7. The number of quaternary nitrogens is 1. The predicted octanol–water partition coefficient (Wildman–Crippen LogP) is 10.8. The van der Waals surface area contributed by atoms with Crippen LogP contribution in [0.2, 0.25) is 0 Å².